The number of halogens is 3. The minimum atomic E-state index is -3.97. The fourth-order valence-corrected chi connectivity index (χ4v) is 6.46. The topological polar surface area (TPSA) is 124 Å². The molecular formula is C27H20F3N5O6S. The van der Waals surface area contributed by atoms with Crippen molar-refractivity contribution in [3.8, 4) is 17.2 Å². The smallest absolute Gasteiger partial charge is 0.496 e. The molecule has 0 radical (unpaired) electrons. The van der Waals surface area contributed by atoms with Gasteiger partial charge in [-0.1, -0.05) is 11.3 Å². The molecule has 2 atom stereocenters. The molecule has 11 nitrogen and oxygen atoms in total. The van der Waals surface area contributed by atoms with Gasteiger partial charge < -0.3 is 34.5 Å². The number of ether oxygens (including phenoxy) is 4. The minimum Gasteiger partial charge on any atom is -0.496 e. The molecule has 216 valence electrons. The lowest BCUT2D eigenvalue weighted by Gasteiger charge is -2.52. The van der Waals surface area contributed by atoms with Gasteiger partial charge in [0.05, 0.1) is 60.1 Å². The Bertz CT molecular complexity index is 1740. The summed E-state index contributed by atoms with van der Waals surface area (Å²) in [6.07, 6.45) is -2.06. The molecule has 42 heavy (non-hydrogen) atoms. The summed E-state index contributed by atoms with van der Waals surface area (Å²) in [5.41, 5.74) is 0.324. The number of nitrogens with zero attached hydrogens (tertiary/aromatic N) is 3. The monoisotopic (exact) mass is 599 g/mol. The van der Waals surface area contributed by atoms with Gasteiger partial charge in [-0.25, -0.2) is 14.4 Å². The van der Waals surface area contributed by atoms with Crippen molar-refractivity contribution in [1.29, 1.82) is 0 Å². The van der Waals surface area contributed by atoms with Crippen LogP contribution in [0.4, 0.5) is 29.8 Å². The third-order valence-electron chi connectivity index (χ3n) is 7.13. The summed E-state index contributed by atoms with van der Waals surface area (Å²) in [6, 6.07) is 8.16. The molecule has 4 aromatic rings. The number of carbonyl (C=O) groups is 2. The van der Waals surface area contributed by atoms with E-state index in [2.05, 4.69) is 30.0 Å². The Morgan fingerprint density at radius 1 is 1.07 bits per heavy atom. The molecule has 7 rings (SSSR count). The van der Waals surface area contributed by atoms with Crippen molar-refractivity contribution in [1.82, 2.24) is 9.97 Å². The van der Waals surface area contributed by atoms with E-state index in [1.165, 1.54) is 24.5 Å². The number of aromatic nitrogens is 2. The molecule has 5 heterocycles. The molecule has 2 aromatic carbocycles. The molecule has 0 spiro atoms. The summed E-state index contributed by atoms with van der Waals surface area (Å²) in [4.78, 5) is 37.7. The van der Waals surface area contributed by atoms with Crippen molar-refractivity contribution in [2.24, 2.45) is 0 Å². The van der Waals surface area contributed by atoms with E-state index < -0.39 is 29.7 Å². The maximum absolute atomic E-state index is 13.9. The molecule has 2 bridgehead atoms. The number of carbonyl (C=O) groups excluding carboxylic acids is 2. The SMILES string of the molecule is COc1ccc2nc(N3C4COCC3C4)sc2c1C(=O)Nc1cc2c(cc1C(=O)Nc1ccc(F)cn1)OC(F)(F)O2. The van der Waals surface area contributed by atoms with Crippen LogP contribution >= 0.6 is 11.3 Å². The number of hydrogen-bond acceptors (Lipinski definition) is 10. The van der Waals surface area contributed by atoms with Crippen LogP contribution in [0.1, 0.15) is 27.1 Å². The number of pyridine rings is 1. The highest BCUT2D eigenvalue weighted by Crippen LogP contribution is 2.45. The molecule has 15 heteroatoms. The maximum Gasteiger partial charge on any atom is 0.586 e. The minimum absolute atomic E-state index is 0.00791. The summed E-state index contributed by atoms with van der Waals surface area (Å²) < 4.78 is 61.7. The number of thiazole rings is 1. The fraction of sp³-hybridized carbons (Fsp3) is 0.259. The van der Waals surface area contributed by atoms with Gasteiger partial charge in [-0.15, -0.1) is 8.78 Å². The maximum atomic E-state index is 13.9. The second kappa shape index (κ2) is 9.73. The summed E-state index contributed by atoms with van der Waals surface area (Å²) in [7, 11) is 1.41. The van der Waals surface area contributed by atoms with E-state index in [0.29, 0.717) is 23.4 Å². The Balaban J connectivity index is 1.25. The zero-order valence-corrected chi connectivity index (χ0v) is 22.5. The number of benzene rings is 2. The van der Waals surface area contributed by atoms with E-state index in [1.807, 2.05) is 0 Å². The number of hydrogen-bond donors (Lipinski definition) is 2. The molecule has 3 aliphatic heterocycles. The van der Waals surface area contributed by atoms with E-state index in [1.54, 1.807) is 12.1 Å². The van der Waals surface area contributed by atoms with Crippen LogP contribution in [0, 0.1) is 5.82 Å². The molecule has 2 amide bonds. The van der Waals surface area contributed by atoms with Gasteiger partial charge >= 0.3 is 6.29 Å². The first-order valence-corrected chi connectivity index (χ1v) is 13.5. The quantitative estimate of drug-likeness (QED) is 0.326. The first-order valence-electron chi connectivity index (χ1n) is 12.7. The molecule has 2 N–H and O–H groups in total. The lowest BCUT2D eigenvalue weighted by Crippen LogP contribution is -2.64. The molecule has 2 aromatic heterocycles. The summed E-state index contributed by atoms with van der Waals surface area (Å²) in [6.45, 7) is 1.20. The van der Waals surface area contributed by atoms with Crippen LogP contribution in [0.5, 0.6) is 17.2 Å². The van der Waals surface area contributed by atoms with Crippen LogP contribution < -0.4 is 29.7 Å². The highest BCUT2D eigenvalue weighted by molar-refractivity contribution is 7.22. The van der Waals surface area contributed by atoms with E-state index >= 15 is 0 Å². The standard InChI is InChI=1S/C27H20F3N5O6S/c1-38-18-4-3-16-23(42-26(33-16)35-13-6-14(35)11-39-10-13)22(18)25(37)32-17-8-20-19(40-27(29,30)41-20)7-15(17)24(36)34-21-5-2-12(28)9-31-21/h2-5,7-9,13-14H,6,10-11H2,1H3,(H,32,37)(H,31,34,36). The third-order valence-corrected chi connectivity index (χ3v) is 8.23. The van der Waals surface area contributed by atoms with Crippen molar-refractivity contribution in [2.75, 3.05) is 35.9 Å². The lowest BCUT2D eigenvalue weighted by molar-refractivity contribution is -0.286. The van der Waals surface area contributed by atoms with Gasteiger partial charge in [-0.05, 0) is 36.8 Å². The molecule has 2 unspecified atom stereocenters. The van der Waals surface area contributed by atoms with Gasteiger partial charge in [-0.2, -0.15) is 0 Å². The van der Waals surface area contributed by atoms with Gasteiger partial charge in [0.25, 0.3) is 11.8 Å². The van der Waals surface area contributed by atoms with E-state index in [0.717, 1.165) is 35.9 Å². The zero-order valence-electron chi connectivity index (χ0n) is 21.7. The predicted octanol–water partition coefficient (Wildman–Crippen LogP) is 4.64. The number of morpholine rings is 1. The molecule has 2 saturated heterocycles. The molecule has 2 fully saturated rings. The highest BCUT2D eigenvalue weighted by Gasteiger charge is 2.45. The first kappa shape index (κ1) is 26.3. The van der Waals surface area contributed by atoms with Gasteiger partial charge in [0, 0.05) is 6.07 Å². The Labute approximate surface area is 239 Å². The van der Waals surface area contributed by atoms with Gasteiger partial charge in [0.2, 0.25) is 0 Å². The Hall–Kier alpha value is -4.63. The van der Waals surface area contributed by atoms with Crippen LogP contribution in [-0.2, 0) is 4.74 Å². The number of amides is 2. The van der Waals surface area contributed by atoms with Gasteiger partial charge in [0.1, 0.15) is 22.9 Å². The van der Waals surface area contributed by atoms with Crippen LogP contribution in [0.15, 0.2) is 42.6 Å². The number of nitrogens with one attached hydrogen (secondary N) is 2. The molecular weight excluding hydrogens is 579 g/mol. The van der Waals surface area contributed by atoms with Gasteiger partial charge in [-0.3, -0.25) is 9.59 Å². The fourth-order valence-electron chi connectivity index (χ4n) is 5.21. The average Bonchev–Trinajstić information content (AvgIpc) is 3.51. The summed E-state index contributed by atoms with van der Waals surface area (Å²) >= 11 is 1.32. The Morgan fingerprint density at radius 3 is 2.52 bits per heavy atom. The third kappa shape index (κ3) is 4.50. The summed E-state index contributed by atoms with van der Waals surface area (Å²) in [5.74, 6) is -2.69. The van der Waals surface area contributed by atoms with Crippen molar-refractivity contribution in [2.45, 2.75) is 24.8 Å². The average molecular weight is 600 g/mol. The first-order chi connectivity index (χ1) is 20.2. The van der Waals surface area contributed by atoms with Crippen molar-refractivity contribution >= 4 is 50.0 Å². The number of fused-ring (bicyclic) bond motifs is 4. The second-order valence-corrected chi connectivity index (χ2v) is 10.7. The summed E-state index contributed by atoms with van der Waals surface area (Å²) in [5, 5.41) is 5.83. The van der Waals surface area contributed by atoms with E-state index in [4.69, 9.17) is 14.5 Å². The Kier molecular flexibility index (Phi) is 6.09. The largest absolute Gasteiger partial charge is 0.586 e. The number of methoxy groups -OCH3 is 1. The van der Waals surface area contributed by atoms with Gasteiger partial charge in [0.15, 0.2) is 16.6 Å². The normalized spacial score (nSPS) is 19.8. The van der Waals surface area contributed by atoms with Crippen LogP contribution in [0.3, 0.4) is 0 Å². The van der Waals surface area contributed by atoms with Crippen molar-refractivity contribution < 1.29 is 41.7 Å². The predicted molar refractivity (Wildman–Crippen MR) is 144 cm³/mol. The number of rotatable bonds is 6. The molecule has 0 aliphatic carbocycles. The van der Waals surface area contributed by atoms with E-state index in [-0.39, 0.29) is 46.2 Å². The molecule has 0 saturated carbocycles. The van der Waals surface area contributed by atoms with Crippen LogP contribution in [0.25, 0.3) is 10.2 Å². The second-order valence-electron chi connectivity index (χ2n) is 9.76. The van der Waals surface area contributed by atoms with Crippen LogP contribution in [-0.4, -0.2) is 60.5 Å². The van der Waals surface area contributed by atoms with Crippen LogP contribution in [0.2, 0.25) is 0 Å². The number of anilines is 3. The lowest BCUT2D eigenvalue weighted by atomic mass is 9.92. The Morgan fingerprint density at radius 2 is 1.83 bits per heavy atom. The highest BCUT2D eigenvalue weighted by atomic mass is 32.1. The number of alkyl halides is 2. The van der Waals surface area contributed by atoms with Crippen molar-refractivity contribution in [3.63, 3.8) is 0 Å². The van der Waals surface area contributed by atoms with E-state index in [9.17, 15) is 22.8 Å². The van der Waals surface area contributed by atoms with Crippen molar-refractivity contribution in [3.05, 3.63) is 59.5 Å². The zero-order chi connectivity index (χ0) is 29.2. The molecule has 3 aliphatic rings.